The van der Waals surface area contributed by atoms with Gasteiger partial charge in [-0.2, -0.15) is 0 Å². The number of nitrogens with one attached hydrogen (secondary N) is 2. The van der Waals surface area contributed by atoms with Gasteiger partial charge in [0, 0.05) is 31.5 Å². The number of aliphatic carboxylic acids is 1. The number of carbonyl (C=O) groups excluding carboxylic acids is 4. The Balaban J connectivity index is 0.00000560. The zero-order valence-corrected chi connectivity index (χ0v) is 25.0. The van der Waals surface area contributed by atoms with Gasteiger partial charge < -0.3 is 34.6 Å². The van der Waals surface area contributed by atoms with Crippen LogP contribution in [0, 0.1) is 0 Å². The van der Waals surface area contributed by atoms with Crippen molar-refractivity contribution in [2.45, 2.75) is 51.2 Å². The van der Waals surface area contributed by atoms with Crippen LogP contribution in [0.25, 0.3) is 11.0 Å². The van der Waals surface area contributed by atoms with Crippen molar-refractivity contribution in [3.05, 3.63) is 72.0 Å². The number of fused-ring (bicyclic) bond motifs is 1. The molecule has 0 unspecified atom stereocenters. The first kappa shape index (κ1) is 32.9. The third-order valence-electron chi connectivity index (χ3n) is 6.13. The fourth-order valence-electron chi connectivity index (χ4n) is 3.95. The Hall–Kier alpha value is -3.34. The molecule has 2 aromatic carbocycles. The van der Waals surface area contributed by atoms with Gasteiger partial charge in [0.25, 0.3) is 5.91 Å². The minimum Gasteiger partial charge on any atom is -0.550 e. The number of furan rings is 1. The van der Waals surface area contributed by atoms with Crippen molar-refractivity contribution in [3.63, 3.8) is 0 Å². The van der Waals surface area contributed by atoms with Gasteiger partial charge in [-0.05, 0) is 49.8 Å². The Morgan fingerprint density at radius 3 is 2.42 bits per heavy atom. The van der Waals surface area contributed by atoms with Crippen LogP contribution in [0.4, 0.5) is 4.79 Å². The Morgan fingerprint density at radius 2 is 1.70 bits per heavy atom. The molecule has 0 saturated carbocycles. The summed E-state index contributed by atoms with van der Waals surface area (Å²) in [5, 5.41) is 16.9. The molecule has 0 spiro atoms. The van der Waals surface area contributed by atoms with Crippen molar-refractivity contribution in [1.82, 2.24) is 15.5 Å². The van der Waals surface area contributed by atoms with Crippen molar-refractivity contribution in [2.24, 2.45) is 0 Å². The van der Waals surface area contributed by atoms with E-state index in [4.69, 9.17) is 9.15 Å². The summed E-state index contributed by atoms with van der Waals surface area (Å²) in [7, 11) is 1.61. The van der Waals surface area contributed by atoms with E-state index in [1.165, 1.54) is 4.90 Å². The summed E-state index contributed by atoms with van der Waals surface area (Å²) in [5.74, 6) is -1.89. The quantitative estimate of drug-likeness (QED) is 0.197. The number of para-hydroxylation sites is 1. The number of benzene rings is 2. The first-order chi connectivity index (χ1) is 18.8. The molecule has 0 bridgehead atoms. The first-order valence-corrected chi connectivity index (χ1v) is 13.0. The predicted octanol–water partition coefficient (Wildman–Crippen LogP) is 0.0105. The molecule has 1 atom stereocenters. The molecule has 0 saturated heterocycles. The van der Waals surface area contributed by atoms with Gasteiger partial charge in [0.1, 0.15) is 18.2 Å². The fourth-order valence-corrected chi connectivity index (χ4v) is 3.95. The maximum atomic E-state index is 12.9. The number of carbonyl (C=O) groups is 4. The van der Waals surface area contributed by atoms with Gasteiger partial charge in [-0.15, -0.1) is 0 Å². The van der Waals surface area contributed by atoms with E-state index in [0.29, 0.717) is 44.4 Å². The molecule has 3 aromatic rings. The van der Waals surface area contributed by atoms with Crippen molar-refractivity contribution < 1.29 is 63.0 Å². The maximum Gasteiger partial charge on any atom is 1.00 e. The van der Waals surface area contributed by atoms with Gasteiger partial charge in [0.2, 0.25) is 5.91 Å². The standard InChI is InChI=1S/C29H35N3O7.Na/c1-32(29(37)38-20-21-11-4-2-5-12-21)18-10-14-23(27(35)30-17-9-3-6-16-26(33)34)31-28(36)25-19-22-13-7-8-15-24(22)39-25;/h2,4-5,7-8,11-13,15,19,23H,3,6,9-10,14,16-18,20H2,1H3,(H,30,35)(H,31,36)(H,33,34);/q;+1/p-1/t23-;/m0./s1. The molecule has 1 aromatic heterocycles. The number of hydrogen-bond donors (Lipinski definition) is 2. The molecular formula is C29H34N3NaO7. The molecule has 11 heteroatoms. The van der Waals surface area contributed by atoms with Crippen LogP contribution in [0.3, 0.4) is 0 Å². The zero-order chi connectivity index (χ0) is 28.0. The maximum absolute atomic E-state index is 12.9. The number of rotatable bonds is 15. The van der Waals surface area contributed by atoms with Crippen molar-refractivity contribution >= 4 is 34.8 Å². The molecule has 0 aliphatic rings. The molecule has 0 aliphatic heterocycles. The van der Waals surface area contributed by atoms with Crippen molar-refractivity contribution in [1.29, 1.82) is 0 Å². The van der Waals surface area contributed by atoms with Gasteiger partial charge in [0.05, 0.1) is 0 Å². The van der Waals surface area contributed by atoms with Crippen LogP contribution in [0.5, 0.6) is 0 Å². The normalized spacial score (nSPS) is 11.2. The Labute approximate surface area is 255 Å². The number of unbranched alkanes of at least 4 members (excludes halogenated alkanes) is 2. The summed E-state index contributed by atoms with van der Waals surface area (Å²) in [5.41, 5.74) is 1.44. The average molecular weight is 560 g/mol. The van der Waals surface area contributed by atoms with Crippen LogP contribution in [0.15, 0.2) is 65.1 Å². The zero-order valence-electron chi connectivity index (χ0n) is 23.0. The minimum atomic E-state index is -1.10. The summed E-state index contributed by atoms with van der Waals surface area (Å²) >= 11 is 0. The number of ether oxygens (including phenoxy) is 1. The van der Waals surface area contributed by atoms with E-state index in [9.17, 15) is 24.3 Å². The topological polar surface area (TPSA) is 141 Å². The predicted molar refractivity (Wildman–Crippen MR) is 142 cm³/mol. The van der Waals surface area contributed by atoms with Crippen molar-refractivity contribution in [2.75, 3.05) is 20.1 Å². The molecule has 10 nitrogen and oxygen atoms in total. The summed E-state index contributed by atoms with van der Waals surface area (Å²) in [4.78, 5) is 50.1. The molecule has 1 heterocycles. The SMILES string of the molecule is CN(CCC[C@H](NC(=O)c1cc2ccccc2o1)C(=O)NCCCCCC(=O)[O-])C(=O)OCc1ccccc1.[Na+]. The second-order valence-electron chi connectivity index (χ2n) is 9.25. The second-order valence-corrected chi connectivity index (χ2v) is 9.25. The number of hydrogen-bond acceptors (Lipinski definition) is 7. The monoisotopic (exact) mass is 559 g/mol. The van der Waals surface area contributed by atoms with Crippen LogP contribution in [-0.4, -0.2) is 55.0 Å². The largest absolute Gasteiger partial charge is 1.00 e. The summed E-state index contributed by atoms with van der Waals surface area (Å²) < 4.78 is 11.0. The van der Waals surface area contributed by atoms with Crippen LogP contribution >= 0.6 is 0 Å². The van der Waals surface area contributed by atoms with Gasteiger partial charge in [0.15, 0.2) is 5.76 Å². The van der Waals surface area contributed by atoms with E-state index >= 15 is 0 Å². The Morgan fingerprint density at radius 1 is 0.975 bits per heavy atom. The third kappa shape index (κ3) is 11.0. The van der Waals surface area contributed by atoms with Crippen LogP contribution < -0.4 is 45.3 Å². The van der Waals surface area contributed by atoms with Gasteiger partial charge in [-0.25, -0.2) is 4.79 Å². The Bertz CT molecular complexity index is 1220. The van der Waals surface area contributed by atoms with Crippen LogP contribution in [0.1, 0.15) is 54.6 Å². The summed E-state index contributed by atoms with van der Waals surface area (Å²) in [6, 6.07) is 17.3. The smallest absolute Gasteiger partial charge is 0.550 e. The number of nitrogens with zero attached hydrogens (tertiary/aromatic N) is 1. The van der Waals surface area contributed by atoms with E-state index in [-0.39, 0.29) is 60.7 Å². The summed E-state index contributed by atoms with van der Waals surface area (Å²) in [6.45, 7) is 0.821. The van der Waals surface area contributed by atoms with Crippen LogP contribution in [0.2, 0.25) is 0 Å². The number of carboxylic acids is 1. The number of carboxylic acid groups (broad SMARTS) is 1. The van der Waals surface area contributed by atoms with E-state index < -0.39 is 24.0 Å². The Kier molecular flexibility index (Phi) is 14.3. The molecule has 0 aliphatic carbocycles. The summed E-state index contributed by atoms with van der Waals surface area (Å²) in [6.07, 6.45) is 1.89. The molecule has 2 N–H and O–H groups in total. The molecule has 0 fully saturated rings. The van der Waals surface area contributed by atoms with E-state index in [0.717, 1.165) is 10.9 Å². The molecule has 208 valence electrons. The average Bonchev–Trinajstić information content (AvgIpc) is 3.38. The molecule has 40 heavy (non-hydrogen) atoms. The molecule has 0 radical (unpaired) electrons. The third-order valence-corrected chi connectivity index (χ3v) is 6.13. The molecule has 3 amide bonds. The second kappa shape index (κ2) is 17.4. The first-order valence-electron chi connectivity index (χ1n) is 13.0. The number of amides is 3. The molecule has 3 rings (SSSR count). The van der Waals surface area contributed by atoms with Crippen LogP contribution in [-0.2, 0) is 20.9 Å². The van der Waals surface area contributed by atoms with E-state index in [1.807, 2.05) is 42.5 Å². The van der Waals surface area contributed by atoms with Gasteiger partial charge in [-0.1, -0.05) is 55.0 Å². The van der Waals surface area contributed by atoms with E-state index in [1.54, 1.807) is 25.2 Å². The van der Waals surface area contributed by atoms with Crippen molar-refractivity contribution in [3.8, 4) is 0 Å². The fraction of sp³-hybridized carbons (Fsp3) is 0.379. The van der Waals surface area contributed by atoms with Gasteiger partial charge in [-0.3, -0.25) is 9.59 Å². The molecular weight excluding hydrogens is 525 g/mol. The van der Waals surface area contributed by atoms with E-state index in [2.05, 4.69) is 10.6 Å². The van der Waals surface area contributed by atoms with Gasteiger partial charge >= 0.3 is 35.7 Å². The minimum absolute atomic E-state index is 0.